The summed E-state index contributed by atoms with van der Waals surface area (Å²) in [7, 11) is 3.87. The molecule has 0 unspecified atom stereocenters. The molecule has 132 valence electrons. The summed E-state index contributed by atoms with van der Waals surface area (Å²) in [6, 6.07) is 7.92. The van der Waals surface area contributed by atoms with Crippen molar-refractivity contribution in [2.24, 2.45) is 7.05 Å². The molecule has 0 saturated carbocycles. The smallest absolute Gasteiger partial charge is 0.306 e. The van der Waals surface area contributed by atoms with E-state index < -0.39 is 11.0 Å². The van der Waals surface area contributed by atoms with Crippen molar-refractivity contribution in [2.75, 3.05) is 13.6 Å². The highest BCUT2D eigenvalue weighted by Gasteiger charge is 2.15. The number of imidazole rings is 1. The Morgan fingerprint density at radius 2 is 2.16 bits per heavy atom. The molecule has 0 aliphatic rings. The van der Waals surface area contributed by atoms with Crippen LogP contribution in [0.4, 0.5) is 5.69 Å². The van der Waals surface area contributed by atoms with Crippen molar-refractivity contribution in [2.45, 2.75) is 19.2 Å². The van der Waals surface area contributed by atoms with Crippen molar-refractivity contribution in [3.63, 3.8) is 0 Å². The zero-order valence-corrected chi connectivity index (χ0v) is 14.1. The van der Waals surface area contributed by atoms with E-state index in [0.29, 0.717) is 13.1 Å². The molecule has 3 rings (SSSR count). The predicted octanol–water partition coefficient (Wildman–Crippen LogP) is 1.17. The molecule has 0 fully saturated rings. The fraction of sp³-hybridized carbons (Fsp3) is 0.375. The third-order valence-corrected chi connectivity index (χ3v) is 4.04. The van der Waals surface area contributed by atoms with Crippen LogP contribution < -0.4 is 0 Å². The minimum absolute atomic E-state index is 0.0831. The third-order valence-electron chi connectivity index (χ3n) is 4.04. The van der Waals surface area contributed by atoms with Gasteiger partial charge in [-0.05, 0) is 19.2 Å². The molecule has 1 aromatic carbocycles. The van der Waals surface area contributed by atoms with Gasteiger partial charge in [0.2, 0.25) is 0 Å². The topological polar surface area (TPSA) is 102 Å². The van der Waals surface area contributed by atoms with Gasteiger partial charge < -0.3 is 9.67 Å². The Labute approximate surface area is 144 Å². The van der Waals surface area contributed by atoms with Gasteiger partial charge in [0, 0.05) is 13.6 Å². The van der Waals surface area contributed by atoms with Crippen LogP contribution >= 0.6 is 0 Å². The number of nitrogens with zero attached hydrogens (tertiary/aromatic N) is 6. The van der Waals surface area contributed by atoms with Crippen molar-refractivity contribution in [1.82, 2.24) is 24.2 Å². The van der Waals surface area contributed by atoms with Crippen molar-refractivity contribution < 1.29 is 10.0 Å². The number of aliphatic hydroxyl groups is 1. The number of aliphatic hydroxyl groups excluding tert-OH is 1. The molecule has 2 aromatic heterocycles. The summed E-state index contributed by atoms with van der Waals surface area (Å²) in [6.07, 6.45) is 1.80. The number of nitro groups is 1. The number of benzene rings is 1. The molecule has 0 amide bonds. The standard InChI is InChI=1S/C16H20N6O3/c1-19(9-13(23)10-21-8-12(7-17-21)22(24)25)11-16-18-14-5-3-4-6-15(14)20(16)2/h3-8,13,23H,9-11H2,1-2H3/t13-/m1/s1. The molecule has 1 N–H and O–H groups in total. The van der Waals surface area contributed by atoms with Crippen molar-refractivity contribution in [3.05, 3.63) is 52.6 Å². The second-order valence-corrected chi connectivity index (χ2v) is 6.10. The first-order chi connectivity index (χ1) is 11.9. The van der Waals surface area contributed by atoms with Crippen LogP contribution in [0.1, 0.15) is 5.82 Å². The minimum atomic E-state index is -0.695. The molecule has 0 aliphatic heterocycles. The maximum atomic E-state index is 10.7. The van der Waals surface area contributed by atoms with Crippen LogP contribution in [0.25, 0.3) is 11.0 Å². The Hall–Kier alpha value is -2.78. The zero-order chi connectivity index (χ0) is 18.0. The summed E-state index contributed by atoms with van der Waals surface area (Å²) in [6.45, 7) is 1.18. The Morgan fingerprint density at radius 1 is 1.40 bits per heavy atom. The van der Waals surface area contributed by atoms with Gasteiger partial charge in [0.25, 0.3) is 0 Å². The Bertz CT molecular complexity index is 887. The largest absolute Gasteiger partial charge is 0.390 e. The normalized spacial score (nSPS) is 12.8. The number of para-hydroxylation sites is 2. The van der Waals surface area contributed by atoms with E-state index in [-0.39, 0.29) is 12.2 Å². The number of fused-ring (bicyclic) bond motifs is 1. The third kappa shape index (κ3) is 3.83. The first kappa shape index (κ1) is 17.1. The van der Waals surface area contributed by atoms with E-state index >= 15 is 0 Å². The maximum absolute atomic E-state index is 10.7. The molecular formula is C16H20N6O3. The van der Waals surface area contributed by atoms with E-state index in [1.165, 1.54) is 17.1 Å². The van der Waals surface area contributed by atoms with Crippen molar-refractivity contribution in [3.8, 4) is 0 Å². The van der Waals surface area contributed by atoms with Crippen LogP contribution in [0.2, 0.25) is 0 Å². The van der Waals surface area contributed by atoms with E-state index in [9.17, 15) is 15.2 Å². The second-order valence-electron chi connectivity index (χ2n) is 6.10. The number of hydrogen-bond donors (Lipinski definition) is 1. The van der Waals surface area contributed by atoms with E-state index in [1.54, 1.807) is 0 Å². The van der Waals surface area contributed by atoms with Gasteiger partial charge in [-0.25, -0.2) is 4.98 Å². The molecule has 25 heavy (non-hydrogen) atoms. The summed E-state index contributed by atoms with van der Waals surface area (Å²) >= 11 is 0. The molecule has 0 spiro atoms. The number of rotatable bonds is 7. The molecule has 9 nitrogen and oxygen atoms in total. The summed E-state index contributed by atoms with van der Waals surface area (Å²) in [5.41, 5.74) is 1.92. The molecule has 1 atom stereocenters. The van der Waals surface area contributed by atoms with Gasteiger partial charge in [-0.15, -0.1) is 0 Å². The lowest BCUT2D eigenvalue weighted by molar-refractivity contribution is -0.385. The summed E-state index contributed by atoms with van der Waals surface area (Å²) in [4.78, 5) is 16.7. The monoisotopic (exact) mass is 344 g/mol. The predicted molar refractivity (Wildman–Crippen MR) is 91.9 cm³/mol. The van der Waals surface area contributed by atoms with Crippen LogP contribution in [-0.4, -0.2) is 54.0 Å². The van der Waals surface area contributed by atoms with Gasteiger partial charge in [0.15, 0.2) is 0 Å². The maximum Gasteiger partial charge on any atom is 0.306 e. The number of hydrogen-bond acceptors (Lipinski definition) is 6. The molecule has 3 aromatic rings. The van der Waals surface area contributed by atoms with Crippen LogP contribution in [0, 0.1) is 10.1 Å². The van der Waals surface area contributed by atoms with Crippen LogP contribution in [0.15, 0.2) is 36.7 Å². The van der Waals surface area contributed by atoms with E-state index in [0.717, 1.165) is 16.9 Å². The van der Waals surface area contributed by atoms with Crippen LogP contribution in [0.3, 0.4) is 0 Å². The molecule has 9 heteroatoms. The fourth-order valence-electron chi connectivity index (χ4n) is 2.82. The molecule has 2 heterocycles. The van der Waals surface area contributed by atoms with Gasteiger partial charge in [-0.1, -0.05) is 12.1 Å². The minimum Gasteiger partial charge on any atom is -0.390 e. The van der Waals surface area contributed by atoms with Gasteiger partial charge in [-0.2, -0.15) is 5.10 Å². The lowest BCUT2D eigenvalue weighted by atomic mass is 10.3. The van der Waals surface area contributed by atoms with Crippen molar-refractivity contribution >= 4 is 16.7 Å². The Kier molecular flexibility index (Phi) is 4.77. The Morgan fingerprint density at radius 3 is 2.84 bits per heavy atom. The van der Waals surface area contributed by atoms with Gasteiger partial charge >= 0.3 is 5.69 Å². The molecule has 0 aliphatic carbocycles. The summed E-state index contributed by atoms with van der Waals surface area (Å²) < 4.78 is 3.42. The summed E-state index contributed by atoms with van der Waals surface area (Å²) in [5, 5.41) is 24.8. The number of aromatic nitrogens is 4. The van der Waals surface area contributed by atoms with Crippen molar-refractivity contribution in [1.29, 1.82) is 0 Å². The lowest BCUT2D eigenvalue weighted by Crippen LogP contribution is -2.32. The van der Waals surface area contributed by atoms with E-state index in [2.05, 4.69) is 10.1 Å². The van der Waals surface area contributed by atoms with Crippen LogP contribution in [-0.2, 0) is 20.1 Å². The van der Waals surface area contributed by atoms with Gasteiger partial charge in [-0.3, -0.25) is 19.7 Å². The van der Waals surface area contributed by atoms with E-state index in [4.69, 9.17) is 0 Å². The van der Waals surface area contributed by atoms with Crippen LogP contribution in [0.5, 0.6) is 0 Å². The highest BCUT2D eigenvalue weighted by molar-refractivity contribution is 5.75. The summed E-state index contributed by atoms with van der Waals surface area (Å²) in [5.74, 6) is 0.908. The second kappa shape index (κ2) is 6.99. The van der Waals surface area contributed by atoms with Gasteiger partial charge in [0.05, 0.1) is 35.2 Å². The quantitative estimate of drug-likeness (QED) is 0.510. The highest BCUT2D eigenvalue weighted by atomic mass is 16.6. The van der Waals surface area contributed by atoms with Gasteiger partial charge in [0.1, 0.15) is 18.2 Å². The average molecular weight is 344 g/mol. The highest BCUT2D eigenvalue weighted by Crippen LogP contribution is 2.15. The Balaban J connectivity index is 1.60. The zero-order valence-electron chi connectivity index (χ0n) is 14.1. The average Bonchev–Trinajstić information content (AvgIpc) is 3.13. The number of likely N-dealkylation sites (N-methyl/N-ethyl adjacent to an activating group) is 1. The molecular weight excluding hydrogens is 324 g/mol. The fourth-order valence-corrected chi connectivity index (χ4v) is 2.82. The molecule has 0 radical (unpaired) electrons. The first-order valence-electron chi connectivity index (χ1n) is 7.88. The number of aryl methyl sites for hydroxylation is 1. The molecule has 0 saturated heterocycles. The first-order valence-corrected chi connectivity index (χ1v) is 7.88. The SMILES string of the molecule is CN(Cc1nc2ccccc2n1C)C[C@@H](O)Cn1cc([N+](=O)[O-])cn1. The molecule has 0 bridgehead atoms. The van der Waals surface area contributed by atoms with E-state index in [1.807, 2.05) is 47.8 Å². The lowest BCUT2D eigenvalue weighted by Gasteiger charge is -2.20.